The standard InChI is InChI=1S/C23H35BN2O4/c1-22(2)23(3,4)30-24(29-22)21-17-25-26(18-21)13-8-9-14-27-15-10-16-28-19-20-11-6-5-7-12-20/h5-7,11-12,17-18H,8-10,13-16,19H2,1-4H3. The van der Waals surface area contributed by atoms with Crippen LogP contribution >= 0.6 is 0 Å². The highest BCUT2D eigenvalue weighted by molar-refractivity contribution is 6.61. The maximum atomic E-state index is 6.08. The molecular weight excluding hydrogens is 379 g/mol. The minimum absolute atomic E-state index is 0.330. The third-order valence-electron chi connectivity index (χ3n) is 5.79. The van der Waals surface area contributed by atoms with Gasteiger partial charge in [0.1, 0.15) is 0 Å². The van der Waals surface area contributed by atoms with Gasteiger partial charge in [0.2, 0.25) is 0 Å². The molecule has 2 heterocycles. The van der Waals surface area contributed by atoms with E-state index in [1.165, 1.54) is 5.56 Å². The van der Waals surface area contributed by atoms with Gasteiger partial charge in [-0.3, -0.25) is 4.68 Å². The summed E-state index contributed by atoms with van der Waals surface area (Å²) in [5.41, 5.74) is 1.52. The summed E-state index contributed by atoms with van der Waals surface area (Å²) in [6, 6.07) is 10.2. The van der Waals surface area contributed by atoms with Crippen LogP contribution in [-0.4, -0.2) is 47.9 Å². The van der Waals surface area contributed by atoms with E-state index in [-0.39, 0.29) is 18.3 Å². The van der Waals surface area contributed by atoms with Crippen molar-refractivity contribution in [1.29, 1.82) is 0 Å². The number of hydrogen-bond acceptors (Lipinski definition) is 5. The number of nitrogens with zero attached hydrogens (tertiary/aromatic N) is 2. The smallest absolute Gasteiger partial charge is 0.399 e. The van der Waals surface area contributed by atoms with E-state index in [1.807, 2.05) is 35.3 Å². The molecule has 0 spiro atoms. The van der Waals surface area contributed by atoms with Crippen LogP contribution in [0.4, 0.5) is 0 Å². The summed E-state index contributed by atoms with van der Waals surface area (Å²) >= 11 is 0. The van der Waals surface area contributed by atoms with Gasteiger partial charge < -0.3 is 18.8 Å². The molecule has 6 nitrogen and oxygen atoms in total. The summed E-state index contributed by atoms with van der Waals surface area (Å²) in [7, 11) is -0.351. The Morgan fingerprint density at radius 2 is 1.57 bits per heavy atom. The van der Waals surface area contributed by atoms with Crippen molar-refractivity contribution in [3.8, 4) is 0 Å². The van der Waals surface area contributed by atoms with Crippen LogP contribution in [0.25, 0.3) is 0 Å². The summed E-state index contributed by atoms with van der Waals surface area (Å²) in [5, 5.41) is 4.45. The van der Waals surface area contributed by atoms with Gasteiger partial charge in [0.15, 0.2) is 0 Å². The van der Waals surface area contributed by atoms with Crippen molar-refractivity contribution >= 4 is 12.6 Å². The third-order valence-corrected chi connectivity index (χ3v) is 5.79. The lowest BCUT2D eigenvalue weighted by Gasteiger charge is -2.32. The highest BCUT2D eigenvalue weighted by Crippen LogP contribution is 2.36. The monoisotopic (exact) mass is 414 g/mol. The molecule has 0 bridgehead atoms. The van der Waals surface area contributed by atoms with E-state index in [2.05, 4.69) is 44.9 Å². The number of hydrogen-bond donors (Lipinski definition) is 0. The highest BCUT2D eigenvalue weighted by Gasteiger charge is 2.52. The van der Waals surface area contributed by atoms with Gasteiger partial charge in [-0.05, 0) is 52.5 Å². The Balaban J connectivity index is 1.22. The molecule has 1 saturated heterocycles. The van der Waals surface area contributed by atoms with E-state index in [9.17, 15) is 0 Å². The molecule has 1 fully saturated rings. The Bertz CT molecular complexity index is 748. The molecular formula is C23H35BN2O4. The summed E-state index contributed by atoms with van der Waals surface area (Å²) in [4.78, 5) is 0. The van der Waals surface area contributed by atoms with Gasteiger partial charge in [-0.25, -0.2) is 0 Å². The molecule has 7 heteroatoms. The summed E-state index contributed by atoms with van der Waals surface area (Å²) < 4.78 is 25.5. The van der Waals surface area contributed by atoms with Crippen LogP contribution in [0.3, 0.4) is 0 Å². The number of unbranched alkanes of at least 4 members (excludes halogenated alkanes) is 1. The van der Waals surface area contributed by atoms with Gasteiger partial charge in [-0.2, -0.15) is 5.10 Å². The van der Waals surface area contributed by atoms with Crippen molar-refractivity contribution < 1.29 is 18.8 Å². The first-order chi connectivity index (χ1) is 14.4. The minimum Gasteiger partial charge on any atom is -0.399 e. The predicted molar refractivity (Wildman–Crippen MR) is 119 cm³/mol. The molecule has 0 aliphatic carbocycles. The normalized spacial score (nSPS) is 17.5. The van der Waals surface area contributed by atoms with Crippen molar-refractivity contribution in [2.75, 3.05) is 19.8 Å². The molecule has 3 rings (SSSR count). The second-order valence-corrected chi connectivity index (χ2v) is 8.84. The molecule has 1 aliphatic rings. The Morgan fingerprint density at radius 1 is 0.900 bits per heavy atom. The topological polar surface area (TPSA) is 54.7 Å². The highest BCUT2D eigenvalue weighted by atomic mass is 16.7. The Labute approximate surface area is 181 Å². The third kappa shape index (κ3) is 6.41. The zero-order valence-electron chi connectivity index (χ0n) is 18.8. The maximum absolute atomic E-state index is 6.08. The quantitative estimate of drug-likeness (QED) is 0.393. The average Bonchev–Trinajstić information content (AvgIpc) is 3.26. The van der Waals surface area contributed by atoms with Crippen molar-refractivity contribution in [3.05, 3.63) is 48.3 Å². The Hall–Kier alpha value is -1.67. The number of benzene rings is 1. The molecule has 0 N–H and O–H groups in total. The van der Waals surface area contributed by atoms with Crippen LogP contribution < -0.4 is 5.46 Å². The first-order valence-corrected chi connectivity index (χ1v) is 10.9. The minimum atomic E-state index is -0.351. The zero-order valence-corrected chi connectivity index (χ0v) is 18.8. The van der Waals surface area contributed by atoms with Crippen LogP contribution in [0.2, 0.25) is 0 Å². The van der Waals surface area contributed by atoms with E-state index in [0.717, 1.165) is 51.1 Å². The van der Waals surface area contributed by atoms with E-state index >= 15 is 0 Å². The fourth-order valence-corrected chi connectivity index (χ4v) is 3.21. The predicted octanol–water partition coefficient (Wildman–Crippen LogP) is 3.59. The van der Waals surface area contributed by atoms with Gasteiger partial charge in [-0.1, -0.05) is 30.3 Å². The van der Waals surface area contributed by atoms with Crippen LogP contribution in [0.15, 0.2) is 42.7 Å². The first-order valence-electron chi connectivity index (χ1n) is 10.9. The lowest BCUT2D eigenvalue weighted by molar-refractivity contribution is 0.00578. The van der Waals surface area contributed by atoms with Crippen LogP contribution in [0, 0.1) is 0 Å². The fraction of sp³-hybridized carbons (Fsp3) is 0.609. The van der Waals surface area contributed by atoms with E-state index in [4.69, 9.17) is 18.8 Å². The molecule has 30 heavy (non-hydrogen) atoms. The molecule has 1 aliphatic heterocycles. The van der Waals surface area contributed by atoms with E-state index in [0.29, 0.717) is 6.61 Å². The molecule has 1 aromatic carbocycles. The number of aryl methyl sites for hydroxylation is 1. The van der Waals surface area contributed by atoms with Crippen LogP contribution in [0.5, 0.6) is 0 Å². The molecule has 0 atom stereocenters. The lowest BCUT2D eigenvalue weighted by atomic mass is 9.82. The summed E-state index contributed by atoms with van der Waals surface area (Å²) in [5.74, 6) is 0. The van der Waals surface area contributed by atoms with Gasteiger partial charge >= 0.3 is 7.12 Å². The van der Waals surface area contributed by atoms with Gasteiger partial charge in [-0.15, -0.1) is 0 Å². The second kappa shape index (κ2) is 10.6. The van der Waals surface area contributed by atoms with Crippen LogP contribution in [0.1, 0.15) is 52.5 Å². The number of aromatic nitrogens is 2. The molecule has 164 valence electrons. The summed E-state index contributed by atoms with van der Waals surface area (Å²) in [6.07, 6.45) is 6.82. The van der Waals surface area contributed by atoms with Crippen molar-refractivity contribution in [3.63, 3.8) is 0 Å². The first kappa shape index (κ1) is 23.0. The summed E-state index contributed by atoms with van der Waals surface area (Å²) in [6.45, 7) is 12.0. The molecule has 0 unspecified atom stereocenters. The van der Waals surface area contributed by atoms with Crippen molar-refractivity contribution in [2.24, 2.45) is 0 Å². The van der Waals surface area contributed by atoms with Gasteiger partial charge in [0.25, 0.3) is 0 Å². The maximum Gasteiger partial charge on any atom is 0.498 e. The average molecular weight is 414 g/mol. The number of rotatable bonds is 12. The van der Waals surface area contributed by atoms with Crippen molar-refractivity contribution in [1.82, 2.24) is 9.78 Å². The van der Waals surface area contributed by atoms with E-state index in [1.54, 1.807) is 0 Å². The number of ether oxygens (including phenoxy) is 2. The van der Waals surface area contributed by atoms with E-state index < -0.39 is 0 Å². The van der Waals surface area contributed by atoms with Crippen molar-refractivity contribution in [2.45, 2.75) is 71.3 Å². The zero-order chi connectivity index (χ0) is 21.5. The molecule has 0 radical (unpaired) electrons. The Kier molecular flexibility index (Phi) is 8.11. The molecule has 1 aromatic heterocycles. The largest absolute Gasteiger partial charge is 0.498 e. The Morgan fingerprint density at radius 3 is 2.30 bits per heavy atom. The fourth-order valence-electron chi connectivity index (χ4n) is 3.21. The molecule has 0 saturated carbocycles. The SMILES string of the molecule is CC1(C)OB(c2cnn(CCCCOCCCOCc3ccccc3)c2)OC1(C)C. The lowest BCUT2D eigenvalue weighted by Crippen LogP contribution is -2.41. The molecule has 0 amide bonds. The van der Waals surface area contributed by atoms with Gasteiger partial charge in [0.05, 0.1) is 17.8 Å². The second-order valence-electron chi connectivity index (χ2n) is 8.84. The van der Waals surface area contributed by atoms with Gasteiger partial charge in [0, 0.05) is 44.2 Å². The van der Waals surface area contributed by atoms with Crippen LogP contribution in [-0.2, 0) is 31.9 Å². The molecule has 2 aromatic rings.